The maximum Gasteiger partial charge on any atom is 0.0597 e. The van der Waals surface area contributed by atoms with E-state index < -0.39 is 0 Å². The maximum absolute atomic E-state index is 4.52. The predicted octanol–water partition coefficient (Wildman–Crippen LogP) is 0.301. The average Bonchev–Trinajstić information content (AvgIpc) is 2.74. The summed E-state index contributed by atoms with van der Waals surface area (Å²) in [6.07, 6.45) is 0. The number of rotatable bonds is 4. The van der Waals surface area contributed by atoms with E-state index in [9.17, 15) is 0 Å². The van der Waals surface area contributed by atoms with Gasteiger partial charge in [0.1, 0.15) is 0 Å². The van der Waals surface area contributed by atoms with Crippen LogP contribution in [0.3, 0.4) is 0 Å². The van der Waals surface area contributed by atoms with Crippen molar-refractivity contribution >= 4 is 0 Å². The molecule has 0 radical (unpaired) electrons. The zero-order valence-corrected chi connectivity index (χ0v) is 12.1. The van der Waals surface area contributed by atoms with Crippen molar-refractivity contribution in [1.29, 1.82) is 0 Å². The molecule has 3 heterocycles. The first-order chi connectivity index (χ1) is 9.26. The van der Waals surface area contributed by atoms with Gasteiger partial charge in [-0.05, 0) is 19.9 Å². The van der Waals surface area contributed by atoms with Crippen molar-refractivity contribution in [1.82, 2.24) is 24.9 Å². The smallest absolute Gasteiger partial charge is 0.0597 e. The third-order valence-corrected chi connectivity index (χ3v) is 4.28. The van der Waals surface area contributed by atoms with Crippen LogP contribution in [0.15, 0.2) is 6.07 Å². The Bertz CT molecular complexity index is 415. The fourth-order valence-corrected chi connectivity index (χ4v) is 3.18. The van der Waals surface area contributed by atoms with Gasteiger partial charge in [0, 0.05) is 58.4 Å². The molecule has 106 valence electrons. The van der Waals surface area contributed by atoms with Gasteiger partial charge in [0.2, 0.25) is 0 Å². The van der Waals surface area contributed by atoms with Gasteiger partial charge in [-0.1, -0.05) is 0 Å². The Morgan fingerprint density at radius 3 is 2.74 bits per heavy atom. The topological polar surface area (TPSA) is 36.3 Å². The molecule has 1 aromatic rings. The largest absolute Gasteiger partial charge is 0.314 e. The molecule has 2 aliphatic rings. The minimum absolute atomic E-state index is 0.779. The molecule has 0 aliphatic carbocycles. The van der Waals surface area contributed by atoms with Crippen LogP contribution in [0, 0.1) is 6.92 Å². The van der Waals surface area contributed by atoms with Gasteiger partial charge in [0.05, 0.1) is 11.4 Å². The van der Waals surface area contributed by atoms with Crippen LogP contribution in [0.5, 0.6) is 0 Å². The summed E-state index contributed by atoms with van der Waals surface area (Å²) in [5.74, 6) is 0. The minimum Gasteiger partial charge on any atom is -0.314 e. The molecule has 5 heteroatoms. The first kappa shape index (κ1) is 13.1. The molecule has 0 amide bonds. The van der Waals surface area contributed by atoms with E-state index in [1.165, 1.54) is 31.9 Å². The Morgan fingerprint density at radius 1 is 1.32 bits per heavy atom. The third kappa shape index (κ3) is 2.83. The quantitative estimate of drug-likeness (QED) is 0.848. The zero-order valence-electron chi connectivity index (χ0n) is 12.1. The van der Waals surface area contributed by atoms with Crippen molar-refractivity contribution in [3.8, 4) is 0 Å². The van der Waals surface area contributed by atoms with E-state index in [2.05, 4.69) is 44.8 Å². The molecule has 2 saturated heterocycles. The highest BCUT2D eigenvalue weighted by atomic mass is 15.3. The summed E-state index contributed by atoms with van der Waals surface area (Å²) in [4.78, 5) is 5.17. The molecule has 0 spiro atoms. The van der Waals surface area contributed by atoms with Crippen molar-refractivity contribution in [2.24, 2.45) is 0 Å². The lowest BCUT2D eigenvalue weighted by Gasteiger charge is -2.46. The van der Waals surface area contributed by atoms with E-state index >= 15 is 0 Å². The highest BCUT2D eigenvalue weighted by molar-refractivity contribution is 5.10. The number of nitrogens with zero attached hydrogens (tertiary/aromatic N) is 4. The molecule has 0 atom stereocenters. The second-order valence-electron chi connectivity index (χ2n) is 5.73. The maximum atomic E-state index is 4.52. The summed E-state index contributed by atoms with van der Waals surface area (Å²) in [5.41, 5.74) is 2.50. The van der Waals surface area contributed by atoms with Crippen LogP contribution in [0.25, 0.3) is 0 Å². The Kier molecular flexibility index (Phi) is 3.86. The van der Waals surface area contributed by atoms with Crippen LogP contribution >= 0.6 is 0 Å². The standard InChI is InChI=1S/C14H25N5/c1-3-19-13(8-12(2)16-19)9-17-10-14(11-17)18-6-4-15-5-7-18/h8,14-15H,3-7,9-11H2,1-2H3. The minimum atomic E-state index is 0.779. The number of aryl methyl sites for hydroxylation is 2. The average molecular weight is 263 g/mol. The zero-order chi connectivity index (χ0) is 13.2. The fraction of sp³-hybridized carbons (Fsp3) is 0.786. The van der Waals surface area contributed by atoms with Crippen LogP contribution in [-0.2, 0) is 13.1 Å². The normalized spacial score (nSPS) is 22.6. The Labute approximate surface area is 115 Å². The van der Waals surface area contributed by atoms with E-state index in [0.717, 1.165) is 37.9 Å². The van der Waals surface area contributed by atoms with Gasteiger partial charge < -0.3 is 5.32 Å². The molecular weight excluding hydrogens is 238 g/mol. The van der Waals surface area contributed by atoms with E-state index in [0.29, 0.717) is 0 Å². The van der Waals surface area contributed by atoms with Gasteiger partial charge in [0.15, 0.2) is 0 Å². The molecule has 2 aliphatic heterocycles. The van der Waals surface area contributed by atoms with Gasteiger partial charge in [-0.25, -0.2) is 0 Å². The van der Waals surface area contributed by atoms with Crippen molar-refractivity contribution < 1.29 is 0 Å². The van der Waals surface area contributed by atoms with Gasteiger partial charge in [-0.3, -0.25) is 14.5 Å². The van der Waals surface area contributed by atoms with Crippen molar-refractivity contribution in [2.75, 3.05) is 39.3 Å². The van der Waals surface area contributed by atoms with Gasteiger partial charge >= 0.3 is 0 Å². The SMILES string of the molecule is CCn1nc(C)cc1CN1CC(N2CCNCC2)C1. The highest BCUT2D eigenvalue weighted by Gasteiger charge is 2.32. The van der Waals surface area contributed by atoms with Crippen molar-refractivity contribution in [2.45, 2.75) is 33.0 Å². The molecule has 3 rings (SSSR count). The molecule has 5 nitrogen and oxygen atoms in total. The summed E-state index contributed by atoms with van der Waals surface area (Å²) in [6.45, 7) is 13.4. The monoisotopic (exact) mass is 263 g/mol. The van der Waals surface area contributed by atoms with Crippen LogP contribution in [0.2, 0.25) is 0 Å². The van der Waals surface area contributed by atoms with Crippen molar-refractivity contribution in [3.05, 3.63) is 17.5 Å². The summed E-state index contributed by atoms with van der Waals surface area (Å²) >= 11 is 0. The molecule has 1 N–H and O–H groups in total. The van der Waals surface area contributed by atoms with E-state index in [1.54, 1.807) is 0 Å². The number of piperazine rings is 1. The van der Waals surface area contributed by atoms with Crippen LogP contribution < -0.4 is 5.32 Å². The lowest BCUT2D eigenvalue weighted by atomic mass is 10.1. The summed E-state index contributed by atoms with van der Waals surface area (Å²) in [6, 6.07) is 3.00. The summed E-state index contributed by atoms with van der Waals surface area (Å²) < 4.78 is 2.13. The van der Waals surface area contributed by atoms with Gasteiger partial charge in [-0.2, -0.15) is 5.10 Å². The van der Waals surface area contributed by atoms with E-state index in [4.69, 9.17) is 0 Å². The van der Waals surface area contributed by atoms with Gasteiger partial charge in [-0.15, -0.1) is 0 Å². The molecule has 19 heavy (non-hydrogen) atoms. The molecule has 0 saturated carbocycles. The van der Waals surface area contributed by atoms with Crippen molar-refractivity contribution in [3.63, 3.8) is 0 Å². The van der Waals surface area contributed by atoms with Crippen LogP contribution in [0.4, 0.5) is 0 Å². The molecule has 2 fully saturated rings. The molecular formula is C14H25N5. The molecule has 0 bridgehead atoms. The lowest BCUT2D eigenvalue weighted by molar-refractivity contribution is 0.0208. The molecule has 0 aromatic carbocycles. The second-order valence-corrected chi connectivity index (χ2v) is 5.73. The molecule has 1 aromatic heterocycles. The van der Waals surface area contributed by atoms with E-state index in [-0.39, 0.29) is 0 Å². The first-order valence-electron chi connectivity index (χ1n) is 7.46. The number of nitrogens with one attached hydrogen (secondary N) is 1. The van der Waals surface area contributed by atoms with E-state index in [1.807, 2.05) is 0 Å². The number of aromatic nitrogens is 2. The summed E-state index contributed by atoms with van der Waals surface area (Å²) in [7, 11) is 0. The Hall–Kier alpha value is -0.910. The Morgan fingerprint density at radius 2 is 2.05 bits per heavy atom. The first-order valence-corrected chi connectivity index (χ1v) is 7.46. The summed E-state index contributed by atoms with van der Waals surface area (Å²) in [5, 5.41) is 7.94. The lowest BCUT2D eigenvalue weighted by Crippen LogP contribution is -2.62. The van der Waals surface area contributed by atoms with Gasteiger partial charge in [0.25, 0.3) is 0 Å². The third-order valence-electron chi connectivity index (χ3n) is 4.28. The fourth-order valence-electron chi connectivity index (χ4n) is 3.18. The van der Waals surface area contributed by atoms with Crippen LogP contribution in [-0.4, -0.2) is 64.9 Å². The molecule has 0 unspecified atom stereocenters. The second kappa shape index (κ2) is 5.61. The number of likely N-dealkylation sites (tertiary alicyclic amines) is 1. The highest BCUT2D eigenvalue weighted by Crippen LogP contribution is 2.18. The number of hydrogen-bond acceptors (Lipinski definition) is 4. The number of hydrogen-bond donors (Lipinski definition) is 1. The van der Waals surface area contributed by atoms with Crippen LogP contribution in [0.1, 0.15) is 18.3 Å². The Balaban J connectivity index is 1.50. The predicted molar refractivity (Wildman–Crippen MR) is 76.1 cm³/mol.